The van der Waals surface area contributed by atoms with Crippen LogP contribution < -0.4 is 0 Å². The van der Waals surface area contributed by atoms with Crippen molar-refractivity contribution in [3.63, 3.8) is 0 Å². The summed E-state index contributed by atoms with van der Waals surface area (Å²) in [6.45, 7) is 0. The monoisotopic (exact) mass is 224 g/mol. The van der Waals surface area contributed by atoms with Gasteiger partial charge in [-0.05, 0) is 12.1 Å². The topological polar surface area (TPSA) is 20.2 Å². The van der Waals surface area contributed by atoms with Gasteiger partial charge in [0, 0.05) is 4.47 Å². The third-order valence-electron chi connectivity index (χ3n) is 0.974. The maximum atomic E-state index is 12.5. The Morgan fingerprint density at radius 2 is 2.10 bits per heavy atom. The fourth-order valence-corrected chi connectivity index (χ4v) is 1.07. The molecule has 0 aromatic heterocycles. The van der Waals surface area contributed by atoms with Crippen molar-refractivity contribution in [1.82, 2.24) is 0 Å². The van der Waals surface area contributed by atoms with Crippen molar-refractivity contribution in [2.24, 2.45) is 0 Å². The van der Waals surface area contributed by atoms with E-state index in [2.05, 4.69) is 15.9 Å². The summed E-state index contributed by atoms with van der Waals surface area (Å²) in [4.78, 5) is 0. The van der Waals surface area contributed by atoms with E-state index in [4.69, 9.17) is 16.7 Å². The normalized spacial score (nSPS) is 9.90. The molecule has 1 N–H and O–H groups in total. The molecule has 0 radical (unpaired) electrons. The van der Waals surface area contributed by atoms with E-state index in [9.17, 15) is 4.39 Å². The first-order valence-corrected chi connectivity index (χ1v) is 3.62. The van der Waals surface area contributed by atoms with Crippen LogP contribution in [-0.2, 0) is 0 Å². The molecule has 0 saturated heterocycles. The van der Waals surface area contributed by atoms with Crippen molar-refractivity contribution in [3.05, 3.63) is 27.4 Å². The number of hydrogen-bond acceptors (Lipinski definition) is 1. The van der Waals surface area contributed by atoms with Gasteiger partial charge in [-0.3, -0.25) is 0 Å². The van der Waals surface area contributed by atoms with Crippen molar-refractivity contribution in [3.8, 4) is 5.75 Å². The van der Waals surface area contributed by atoms with Crippen LogP contribution >= 0.6 is 27.5 Å². The quantitative estimate of drug-likeness (QED) is 0.673. The van der Waals surface area contributed by atoms with E-state index in [0.717, 1.165) is 0 Å². The first kappa shape index (κ1) is 7.82. The van der Waals surface area contributed by atoms with Gasteiger partial charge in [0.1, 0.15) is 16.6 Å². The lowest BCUT2D eigenvalue weighted by molar-refractivity contribution is 0.469. The van der Waals surface area contributed by atoms with Gasteiger partial charge in [-0.2, -0.15) is 0 Å². The smallest absolute Gasteiger partial charge is 0.146 e. The molecule has 4 heteroatoms. The second-order valence-corrected chi connectivity index (χ2v) is 3.01. The fourth-order valence-electron chi connectivity index (χ4n) is 0.542. The highest BCUT2D eigenvalue weighted by molar-refractivity contribution is 9.10. The maximum absolute atomic E-state index is 12.5. The predicted molar refractivity (Wildman–Crippen MR) is 40.8 cm³/mol. The Balaban J connectivity index is 3.31. The highest BCUT2D eigenvalue weighted by Gasteiger charge is 2.05. The molecule has 1 rings (SSSR count). The maximum Gasteiger partial charge on any atom is 0.146 e. The Bertz CT molecular complexity index is 241. The molecule has 0 spiro atoms. The molecule has 1 nitrogen and oxygen atoms in total. The second-order valence-electron chi connectivity index (χ2n) is 1.72. The van der Waals surface area contributed by atoms with Gasteiger partial charge in [-0.15, -0.1) is 0 Å². The Kier molecular flexibility index (Phi) is 2.16. The van der Waals surface area contributed by atoms with Gasteiger partial charge in [-0.25, -0.2) is 4.39 Å². The number of phenols is 1. The standard InChI is InChI=1S/C6H3BrClFO/c7-3-1-4(9)6(8)5(10)2-3/h1-2,10H. The number of benzene rings is 1. The number of aromatic hydroxyl groups is 1. The van der Waals surface area contributed by atoms with Crippen LogP contribution in [0.2, 0.25) is 5.02 Å². The first-order chi connectivity index (χ1) is 4.61. The zero-order valence-corrected chi connectivity index (χ0v) is 7.08. The van der Waals surface area contributed by atoms with Crippen LogP contribution in [0.25, 0.3) is 0 Å². The molecule has 0 atom stereocenters. The minimum atomic E-state index is -0.631. The van der Waals surface area contributed by atoms with Crippen molar-refractivity contribution in [2.75, 3.05) is 0 Å². The summed E-state index contributed by atoms with van der Waals surface area (Å²) in [6, 6.07) is 2.51. The molecule has 0 amide bonds. The van der Waals surface area contributed by atoms with E-state index in [1.54, 1.807) is 0 Å². The average Bonchev–Trinajstić information content (AvgIpc) is 1.82. The van der Waals surface area contributed by atoms with Crippen molar-refractivity contribution in [2.45, 2.75) is 0 Å². The lowest BCUT2D eigenvalue weighted by Crippen LogP contribution is -1.76. The summed E-state index contributed by atoms with van der Waals surface area (Å²) in [5, 5.41) is 8.63. The van der Waals surface area contributed by atoms with Gasteiger partial charge in [0.2, 0.25) is 0 Å². The molecule has 1 aromatic carbocycles. The van der Waals surface area contributed by atoms with E-state index in [1.807, 2.05) is 0 Å². The van der Waals surface area contributed by atoms with Gasteiger partial charge in [0.25, 0.3) is 0 Å². The summed E-state index contributed by atoms with van der Waals surface area (Å²) >= 11 is 8.29. The number of rotatable bonds is 0. The summed E-state index contributed by atoms with van der Waals surface area (Å²) < 4.78 is 13.0. The number of phenolic OH excluding ortho intramolecular Hbond substituents is 1. The molecule has 0 aliphatic rings. The number of hydrogen-bond donors (Lipinski definition) is 1. The summed E-state index contributed by atoms with van der Waals surface area (Å²) in [7, 11) is 0. The molecule has 10 heavy (non-hydrogen) atoms. The minimum Gasteiger partial charge on any atom is -0.506 e. The lowest BCUT2D eigenvalue weighted by Gasteiger charge is -1.97. The van der Waals surface area contributed by atoms with Crippen molar-refractivity contribution >= 4 is 27.5 Å². The molecule has 0 aliphatic carbocycles. The molecular formula is C6H3BrClFO. The molecule has 0 bridgehead atoms. The van der Waals surface area contributed by atoms with Gasteiger partial charge < -0.3 is 5.11 Å². The minimum absolute atomic E-state index is 0.247. The summed E-state index contributed by atoms with van der Waals surface area (Å²) in [5.41, 5.74) is 0. The molecule has 0 heterocycles. The van der Waals surface area contributed by atoms with Gasteiger partial charge in [-0.1, -0.05) is 27.5 Å². The van der Waals surface area contributed by atoms with E-state index < -0.39 is 5.82 Å². The first-order valence-electron chi connectivity index (χ1n) is 2.45. The van der Waals surface area contributed by atoms with Crippen LogP contribution in [0.1, 0.15) is 0 Å². The van der Waals surface area contributed by atoms with Gasteiger partial charge in [0.15, 0.2) is 0 Å². The fraction of sp³-hybridized carbons (Fsp3) is 0. The largest absolute Gasteiger partial charge is 0.506 e. The summed E-state index contributed by atoms with van der Waals surface area (Å²) in [5.74, 6) is -0.887. The highest BCUT2D eigenvalue weighted by atomic mass is 79.9. The Labute approximate surface area is 70.6 Å². The van der Waals surface area contributed by atoms with Crippen LogP contribution in [-0.4, -0.2) is 5.11 Å². The van der Waals surface area contributed by atoms with Gasteiger partial charge >= 0.3 is 0 Å². The van der Waals surface area contributed by atoms with Crippen LogP contribution in [0.15, 0.2) is 16.6 Å². The third kappa shape index (κ3) is 1.41. The molecule has 0 saturated carbocycles. The zero-order chi connectivity index (χ0) is 7.72. The van der Waals surface area contributed by atoms with Crippen LogP contribution in [0, 0.1) is 5.82 Å². The zero-order valence-electron chi connectivity index (χ0n) is 4.74. The number of halogens is 3. The lowest BCUT2D eigenvalue weighted by atomic mass is 10.3. The molecule has 0 aliphatic heterocycles. The molecule has 1 aromatic rings. The Morgan fingerprint density at radius 3 is 2.60 bits per heavy atom. The molecule has 0 fully saturated rings. The van der Waals surface area contributed by atoms with Crippen molar-refractivity contribution in [1.29, 1.82) is 0 Å². The predicted octanol–water partition coefficient (Wildman–Crippen LogP) is 2.95. The van der Waals surface area contributed by atoms with Crippen LogP contribution in [0.3, 0.4) is 0 Å². The van der Waals surface area contributed by atoms with E-state index in [1.165, 1.54) is 12.1 Å². The van der Waals surface area contributed by atoms with Crippen LogP contribution in [0.5, 0.6) is 5.75 Å². The van der Waals surface area contributed by atoms with E-state index in [0.29, 0.717) is 4.47 Å². The second kappa shape index (κ2) is 2.76. The summed E-state index contributed by atoms with van der Waals surface area (Å²) in [6.07, 6.45) is 0. The average molecular weight is 225 g/mol. The van der Waals surface area contributed by atoms with E-state index in [-0.39, 0.29) is 10.8 Å². The molecule has 0 unspecified atom stereocenters. The van der Waals surface area contributed by atoms with Gasteiger partial charge in [0.05, 0.1) is 0 Å². The van der Waals surface area contributed by atoms with Crippen molar-refractivity contribution < 1.29 is 9.50 Å². The molecular weight excluding hydrogens is 222 g/mol. The Morgan fingerprint density at radius 1 is 1.50 bits per heavy atom. The van der Waals surface area contributed by atoms with E-state index >= 15 is 0 Å². The van der Waals surface area contributed by atoms with Crippen LogP contribution in [0.4, 0.5) is 4.39 Å². The SMILES string of the molecule is Oc1cc(Br)cc(F)c1Cl. The molecule has 54 valence electrons. The third-order valence-corrected chi connectivity index (χ3v) is 1.81. The highest BCUT2D eigenvalue weighted by Crippen LogP contribution is 2.29. The Hall–Kier alpha value is -0.280.